The highest BCUT2D eigenvalue weighted by atomic mass is 16.5. The van der Waals surface area contributed by atoms with E-state index in [0.717, 1.165) is 5.69 Å². The zero-order valence-corrected chi connectivity index (χ0v) is 10.1. The SMILES string of the molecule is COc1cccc(CN2CC(O)CC2C(=O)O)n1. The van der Waals surface area contributed by atoms with Gasteiger partial charge in [-0.3, -0.25) is 9.69 Å². The molecule has 0 radical (unpaired) electrons. The van der Waals surface area contributed by atoms with Gasteiger partial charge in [-0.2, -0.15) is 0 Å². The number of β-amino-alcohol motifs (C(OH)–C–C–N with tert-alkyl or cyclic N) is 1. The van der Waals surface area contributed by atoms with E-state index < -0.39 is 18.1 Å². The molecular weight excluding hydrogens is 236 g/mol. The number of likely N-dealkylation sites (tertiary alicyclic amines) is 1. The average Bonchev–Trinajstić information content (AvgIpc) is 2.70. The second kappa shape index (κ2) is 5.32. The molecular formula is C12H16N2O4. The van der Waals surface area contributed by atoms with Crippen LogP contribution in [0, 0.1) is 0 Å². The molecule has 6 nitrogen and oxygen atoms in total. The highest BCUT2D eigenvalue weighted by Crippen LogP contribution is 2.20. The molecule has 0 saturated carbocycles. The third-order valence-electron chi connectivity index (χ3n) is 3.02. The number of rotatable bonds is 4. The van der Waals surface area contributed by atoms with Gasteiger partial charge in [-0.15, -0.1) is 0 Å². The standard InChI is InChI=1S/C12H16N2O4/c1-18-11-4-2-3-8(13-11)6-14-7-9(15)5-10(14)12(16)17/h2-4,9-10,15H,5-7H2,1H3,(H,16,17). The van der Waals surface area contributed by atoms with Crippen LogP contribution in [0.25, 0.3) is 0 Å². The van der Waals surface area contributed by atoms with Crippen molar-refractivity contribution in [2.75, 3.05) is 13.7 Å². The van der Waals surface area contributed by atoms with Crippen molar-refractivity contribution in [1.29, 1.82) is 0 Å². The molecule has 1 saturated heterocycles. The average molecular weight is 252 g/mol. The number of aliphatic carboxylic acids is 1. The van der Waals surface area contributed by atoms with Gasteiger partial charge in [0.1, 0.15) is 6.04 Å². The maximum atomic E-state index is 11.1. The van der Waals surface area contributed by atoms with Gasteiger partial charge in [-0.05, 0) is 6.07 Å². The fourth-order valence-corrected chi connectivity index (χ4v) is 2.18. The van der Waals surface area contributed by atoms with Crippen molar-refractivity contribution in [3.8, 4) is 5.88 Å². The summed E-state index contributed by atoms with van der Waals surface area (Å²) in [5.41, 5.74) is 0.731. The van der Waals surface area contributed by atoms with Crippen LogP contribution in [-0.2, 0) is 11.3 Å². The van der Waals surface area contributed by atoms with E-state index in [1.807, 2.05) is 12.1 Å². The molecule has 1 fully saturated rings. The van der Waals surface area contributed by atoms with E-state index in [1.165, 1.54) is 7.11 Å². The van der Waals surface area contributed by atoms with Gasteiger partial charge in [0.15, 0.2) is 0 Å². The van der Waals surface area contributed by atoms with E-state index in [-0.39, 0.29) is 6.42 Å². The van der Waals surface area contributed by atoms with E-state index in [1.54, 1.807) is 11.0 Å². The smallest absolute Gasteiger partial charge is 0.321 e. The summed E-state index contributed by atoms with van der Waals surface area (Å²) in [5.74, 6) is -0.409. The van der Waals surface area contributed by atoms with Gasteiger partial charge in [-0.1, -0.05) is 6.07 Å². The minimum Gasteiger partial charge on any atom is -0.481 e. The Hall–Kier alpha value is -1.66. The Labute approximate surface area is 105 Å². The first kappa shape index (κ1) is 12.8. The summed E-state index contributed by atoms with van der Waals surface area (Å²) in [6, 6.07) is 4.71. The van der Waals surface area contributed by atoms with Crippen molar-refractivity contribution < 1.29 is 19.7 Å². The molecule has 18 heavy (non-hydrogen) atoms. The van der Waals surface area contributed by atoms with Gasteiger partial charge in [0, 0.05) is 25.6 Å². The van der Waals surface area contributed by atoms with Crippen molar-refractivity contribution >= 4 is 5.97 Å². The number of carboxylic acids is 1. The number of aliphatic hydroxyl groups excluding tert-OH is 1. The molecule has 1 aromatic rings. The van der Waals surface area contributed by atoms with Crippen LogP contribution in [0.4, 0.5) is 0 Å². The minimum absolute atomic E-state index is 0.263. The Morgan fingerprint density at radius 1 is 1.61 bits per heavy atom. The lowest BCUT2D eigenvalue weighted by atomic mass is 10.2. The van der Waals surface area contributed by atoms with Gasteiger partial charge in [0.05, 0.1) is 18.9 Å². The van der Waals surface area contributed by atoms with Crippen molar-refractivity contribution in [2.24, 2.45) is 0 Å². The number of nitrogens with zero attached hydrogens (tertiary/aromatic N) is 2. The molecule has 2 N–H and O–H groups in total. The molecule has 1 aliphatic heterocycles. The van der Waals surface area contributed by atoms with Gasteiger partial charge in [0.2, 0.25) is 5.88 Å². The topological polar surface area (TPSA) is 82.9 Å². The van der Waals surface area contributed by atoms with Crippen LogP contribution < -0.4 is 4.74 Å². The molecule has 2 heterocycles. The molecule has 0 aromatic carbocycles. The van der Waals surface area contributed by atoms with E-state index in [9.17, 15) is 9.90 Å². The van der Waals surface area contributed by atoms with Crippen LogP contribution in [0.2, 0.25) is 0 Å². The zero-order chi connectivity index (χ0) is 13.1. The Balaban J connectivity index is 2.09. The maximum Gasteiger partial charge on any atom is 0.321 e. The molecule has 2 unspecified atom stereocenters. The van der Waals surface area contributed by atoms with Crippen molar-refractivity contribution in [2.45, 2.75) is 25.1 Å². The zero-order valence-electron chi connectivity index (χ0n) is 10.1. The Morgan fingerprint density at radius 3 is 3.06 bits per heavy atom. The Bertz CT molecular complexity index is 438. The second-order valence-corrected chi connectivity index (χ2v) is 4.34. The monoisotopic (exact) mass is 252 g/mol. The number of methoxy groups -OCH3 is 1. The van der Waals surface area contributed by atoms with E-state index in [0.29, 0.717) is 19.0 Å². The molecule has 0 aliphatic carbocycles. The van der Waals surface area contributed by atoms with Gasteiger partial charge < -0.3 is 14.9 Å². The normalized spacial score (nSPS) is 24.1. The summed E-state index contributed by atoms with van der Waals surface area (Å²) in [6.45, 7) is 0.751. The number of hydrogen-bond acceptors (Lipinski definition) is 5. The van der Waals surface area contributed by atoms with Crippen molar-refractivity contribution in [3.63, 3.8) is 0 Å². The van der Waals surface area contributed by atoms with Gasteiger partial charge in [0.25, 0.3) is 0 Å². The van der Waals surface area contributed by atoms with Crippen molar-refractivity contribution in [1.82, 2.24) is 9.88 Å². The minimum atomic E-state index is -0.908. The third-order valence-corrected chi connectivity index (χ3v) is 3.02. The van der Waals surface area contributed by atoms with Crippen LogP contribution >= 0.6 is 0 Å². The summed E-state index contributed by atoms with van der Waals surface area (Å²) in [4.78, 5) is 17.0. The number of aromatic nitrogens is 1. The molecule has 98 valence electrons. The highest BCUT2D eigenvalue weighted by Gasteiger charge is 2.35. The Morgan fingerprint density at radius 2 is 2.39 bits per heavy atom. The summed E-state index contributed by atoms with van der Waals surface area (Å²) < 4.78 is 5.02. The number of aliphatic hydroxyl groups is 1. The lowest BCUT2D eigenvalue weighted by molar-refractivity contribution is -0.142. The summed E-state index contributed by atoms with van der Waals surface area (Å²) in [5, 5.41) is 18.6. The largest absolute Gasteiger partial charge is 0.481 e. The third kappa shape index (κ3) is 2.77. The molecule has 2 rings (SSSR count). The second-order valence-electron chi connectivity index (χ2n) is 4.34. The first-order chi connectivity index (χ1) is 8.60. The fourth-order valence-electron chi connectivity index (χ4n) is 2.18. The predicted octanol–water partition coefficient (Wildman–Crippen LogP) is 0.110. The van der Waals surface area contributed by atoms with Gasteiger partial charge in [-0.25, -0.2) is 4.98 Å². The number of ether oxygens (including phenoxy) is 1. The fraction of sp³-hybridized carbons (Fsp3) is 0.500. The van der Waals surface area contributed by atoms with Crippen LogP contribution in [0.3, 0.4) is 0 Å². The van der Waals surface area contributed by atoms with E-state index in [2.05, 4.69) is 4.98 Å². The maximum absolute atomic E-state index is 11.1. The van der Waals surface area contributed by atoms with E-state index >= 15 is 0 Å². The summed E-state index contributed by atoms with van der Waals surface area (Å²) >= 11 is 0. The van der Waals surface area contributed by atoms with Crippen LogP contribution in [-0.4, -0.2) is 51.9 Å². The van der Waals surface area contributed by atoms with Crippen LogP contribution in [0.15, 0.2) is 18.2 Å². The van der Waals surface area contributed by atoms with Crippen LogP contribution in [0.5, 0.6) is 5.88 Å². The summed E-state index contributed by atoms with van der Waals surface area (Å²) in [7, 11) is 1.53. The lowest BCUT2D eigenvalue weighted by Gasteiger charge is -2.20. The molecule has 0 amide bonds. The molecule has 0 spiro atoms. The molecule has 2 atom stereocenters. The lowest BCUT2D eigenvalue weighted by Crippen LogP contribution is -2.35. The number of carbonyl (C=O) groups is 1. The quantitative estimate of drug-likeness (QED) is 0.791. The number of hydrogen-bond donors (Lipinski definition) is 2. The summed E-state index contributed by atoms with van der Waals surface area (Å²) in [6.07, 6.45) is -0.323. The first-order valence-electron chi connectivity index (χ1n) is 5.75. The Kier molecular flexibility index (Phi) is 3.78. The predicted molar refractivity (Wildman–Crippen MR) is 63.2 cm³/mol. The van der Waals surface area contributed by atoms with Crippen LogP contribution in [0.1, 0.15) is 12.1 Å². The number of carboxylic acid groups (broad SMARTS) is 1. The molecule has 0 bridgehead atoms. The van der Waals surface area contributed by atoms with E-state index in [4.69, 9.17) is 9.84 Å². The van der Waals surface area contributed by atoms with Gasteiger partial charge >= 0.3 is 5.97 Å². The first-order valence-corrected chi connectivity index (χ1v) is 5.75. The molecule has 1 aliphatic rings. The molecule has 6 heteroatoms. The highest BCUT2D eigenvalue weighted by molar-refractivity contribution is 5.74. The molecule has 1 aromatic heterocycles. The van der Waals surface area contributed by atoms with Crippen molar-refractivity contribution in [3.05, 3.63) is 23.9 Å². The number of pyridine rings is 1.